The van der Waals surface area contributed by atoms with Crippen molar-refractivity contribution in [3.05, 3.63) is 175 Å². The van der Waals surface area contributed by atoms with Crippen molar-refractivity contribution in [1.82, 2.24) is 15.0 Å². The van der Waals surface area contributed by atoms with Crippen LogP contribution in [0.25, 0.3) is 89.5 Å². The maximum Gasteiger partial charge on any atom is 0.164 e. The zero-order chi connectivity index (χ0) is 36.3. The Hall–Kier alpha value is -6.65. The third-order valence-corrected chi connectivity index (χ3v) is 12.0. The summed E-state index contributed by atoms with van der Waals surface area (Å²) < 4.78 is 6.22. The summed E-state index contributed by atoms with van der Waals surface area (Å²) in [5.74, 6) is 1.88. The zero-order valence-electron chi connectivity index (χ0n) is 30.4. The zero-order valence-corrected chi connectivity index (χ0v) is 30.4. The smallest absolute Gasteiger partial charge is 0.164 e. The quantitative estimate of drug-likeness (QED) is 0.179. The predicted octanol–water partition coefficient (Wildman–Crippen LogP) is 13.3. The Morgan fingerprint density at radius 1 is 0.382 bits per heavy atom. The Labute approximate surface area is 320 Å². The van der Waals surface area contributed by atoms with Gasteiger partial charge in [0.1, 0.15) is 11.2 Å². The van der Waals surface area contributed by atoms with Gasteiger partial charge in [0.25, 0.3) is 0 Å². The van der Waals surface area contributed by atoms with Gasteiger partial charge in [-0.15, -0.1) is 0 Å². The second-order valence-corrected chi connectivity index (χ2v) is 15.1. The fourth-order valence-corrected chi connectivity index (χ4v) is 9.33. The highest BCUT2D eigenvalue weighted by Crippen LogP contribution is 2.56. The summed E-state index contributed by atoms with van der Waals surface area (Å²) in [5.41, 5.74) is 15.3. The van der Waals surface area contributed by atoms with Crippen LogP contribution in [0.15, 0.2) is 168 Å². The highest BCUT2D eigenvalue weighted by molar-refractivity contribution is 6.11. The van der Waals surface area contributed by atoms with Crippen LogP contribution in [0.3, 0.4) is 0 Å². The first-order valence-electron chi connectivity index (χ1n) is 19.4. The molecule has 0 unspecified atom stereocenters. The molecule has 0 radical (unpaired) electrons. The van der Waals surface area contributed by atoms with Gasteiger partial charge in [-0.05, 0) is 81.6 Å². The van der Waals surface area contributed by atoms with Crippen molar-refractivity contribution in [3.8, 4) is 67.5 Å². The molecule has 1 saturated carbocycles. The van der Waals surface area contributed by atoms with E-state index in [9.17, 15) is 0 Å². The van der Waals surface area contributed by atoms with Crippen molar-refractivity contribution >= 4 is 21.9 Å². The lowest BCUT2D eigenvalue weighted by Crippen LogP contribution is -2.27. The van der Waals surface area contributed by atoms with E-state index in [0.29, 0.717) is 17.5 Å². The van der Waals surface area contributed by atoms with Gasteiger partial charge in [0.2, 0.25) is 0 Å². The molecule has 4 heteroatoms. The molecular weight excluding hydrogens is 671 g/mol. The molecular formula is C51H37N3O. The fraction of sp³-hybridized carbons (Fsp3) is 0.118. The Morgan fingerprint density at radius 2 is 0.945 bits per heavy atom. The van der Waals surface area contributed by atoms with E-state index in [1.165, 1.54) is 71.0 Å². The number of para-hydroxylation sites is 1. The molecule has 0 bridgehead atoms. The van der Waals surface area contributed by atoms with Gasteiger partial charge >= 0.3 is 0 Å². The topological polar surface area (TPSA) is 51.8 Å². The van der Waals surface area contributed by atoms with E-state index < -0.39 is 0 Å². The third-order valence-electron chi connectivity index (χ3n) is 12.0. The molecule has 0 N–H and O–H groups in total. The molecule has 2 heterocycles. The summed E-state index contributed by atoms with van der Waals surface area (Å²) in [4.78, 5) is 15.2. The summed E-state index contributed by atoms with van der Waals surface area (Å²) >= 11 is 0. The number of benzene rings is 7. The summed E-state index contributed by atoms with van der Waals surface area (Å²) in [7, 11) is 0. The molecule has 55 heavy (non-hydrogen) atoms. The minimum atomic E-state index is 0.175. The summed E-state index contributed by atoms with van der Waals surface area (Å²) in [6, 6.07) is 58.2. The van der Waals surface area contributed by atoms with Crippen LogP contribution < -0.4 is 0 Å². The van der Waals surface area contributed by atoms with Crippen LogP contribution in [-0.4, -0.2) is 15.0 Å². The molecule has 0 amide bonds. The largest absolute Gasteiger partial charge is 0.456 e. The van der Waals surface area contributed by atoms with Crippen molar-refractivity contribution in [2.45, 2.75) is 37.5 Å². The number of hydrogen-bond donors (Lipinski definition) is 0. The van der Waals surface area contributed by atoms with Crippen LogP contribution in [0.2, 0.25) is 0 Å². The number of fused-ring (bicyclic) bond motifs is 8. The van der Waals surface area contributed by atoms with Gasteiger partial charge in [-0.3, -0.25) is 0 Å². The number of rotatable bonds is 5. The van der Waals surface area contributed by atoms with Gasteiger partial charge in [-0.2, -0.15) is 0 Å². The lowest BCUT2D eigenvalue weighted by atomic mass is 9.68. The minimum absolute atomic E-state index is 0.175. The molecule has 0 saturated heterocycles. The van der Waals surface area contributed by atoms with E-state index in [1.807, 2.05) is 60.7 Å². The Bertz CT molecular complexity index is 2900. The number of hydrogen-bond acceptors (Lipinski definition) is 4. The lowest BCUT2D eigenvalue weighted by molar-refractivity contribution is 0.353. The van der Waals surface area contributed by atoms with Gasteiger partial charge in [-0.1, -0.05) is 159 Å². The second kappa shape index (κ2) is 12.7. The SMILES string of the molecule is c1ccc(-c2nc(-c3ccc(-c4cccc(-c5ccc6c(c5)-c5ccccc5C65CCCCC5)c4)cc3)nc(-c3cccc4oc5ccccc5c34)n2)cc1. The van der Waals surface area contributed by atoms with Crippen molar-refractivity contribution in [3.63, 3.8) is 0 Å². The molecule has 9 aromatic rings. The molecule has 7 aromatic carbocycles. The molecule has 1 spiro atoms. The van der Waals surface area contributed by atoms with E-state index >= 15 is 0 Å². The summed E-state index contributed by atoms with van der Waals surface area (Å²) in [6.07, 6.45) is 6.45. The average molecular weight is 708 g/mol. The van der Waals surface area contributed by atoms with Crippen molar-refractivity contribution in [2.24, 2.45) is 0 Å². The average Bonchev–Trinajstić information content (AvgIpc) is 3.77. The normalized spacial score (nSPS) is 14.3. The molecule has 0 atom stereocenters. The van der Waals surface area contributed by atoms with Gasteiger partial charge in [0.15, 0.2) is 17.5 Å². The van der Waals surface area contributed by atoms with Crippen LogP contribution in [0.1, 0.15) is 43.2 Å². The molecule has 0 aliphatic heterocycles. The lowest BCUT2D eigenvalue weighted by Gasteiger charge is -2.36. The summed E-state index contributed by atoms with van der Waals surface area (Å²) in [5, 5.41) is 2.05. The molecule has 11 rings (SSSR count). The molecule has 4 nitrogen and oxygen atoms in total. The predicted molar refractivity (Wildman–Crippen MR) is 224 cm³/mol. The number of aromatic nitrogens is 3. The van der Waals surface area contributed by atoms with E-state index in [0.717, 1.165) is 44.2 Å². The first-order chi connectivity index (χ1) is 27.2. The van der Waals surface area contributed by atoms with Crippen LogP contribution in [0.4, 0.5) is 0 Å². The maximum atomic E-state index is 6.22. The van der Waals surface area contributed by atoms with Gasteiger partial charge in [0.05, 0.1) is 0 Å². The Morgan fingerprint density at radius 3 is 1.78 bits per heavy atom. The molecule has 262 valence electrons. The monoisotopic (exact) mass is 707 g/mol. The molecule has 2 aliphatic rings. The van der Waals surface area contributed by atoms with Crippen LogP contribution in [0, 0.1) is 0 Å². The molecule has 2 aliphatic carbocycles. The molecule has 1 fully saturated rings. The van der Waals surface area contributed by atoms with Crippen LogP contribution >= 0.6 is 0 Å². The van der Waals surface area contributed by atoms with Gasteiger partial charge in [0, 0.05) is 32.9 Å². The van der Waals surface area contributed by atoms with Crippen molar-refractivity contribution in [1.29, 1.82) is 0 Å². The van der Waals surface area contributed by atoms with E-state index in [4.69, 9.17) is 19.4 Å². The number of nitrogens with zero attached hydrogens (tertiary/aromatic N) is 3. The molecule has 2 aromatic heterocycles. The number of furan rings is 1. The standard InChI is InChI=1S/C51H37N3O/c1-3-13-34(14-4-1)48-52-49(54-50(53-48)41-19-12-22-46-47(41)40-18-6-8-21-45(40)55-46)35-25-23-33(24-26-35)36-15-11-16-37(31-36)38-27-28-44-42(32-38)39-17-5-7-20-43(39)51(44)29-9-2-10-30-51/h1,3-8,11-28,31-32H,2,9-10,29-30H2. The second-order valence-electron chi connectivity index (χ2n) is 15.1. The highest BCUT2D eigenvalue weighted by atomic mass is 16.3. The Balaban J connectivity index is 0.962. The van der Waals surface area contributed by atoms with Crippen LogP contribution in [-0.2, 0) is 5.41 Å². The van der Waals surface area contributed by atoms with Gasteiger partial charge < -0.3 is 4.42 Å². The van der Waals surface area contributed by atoms with Crippen molar-refractivity contribution in [2.75, 3.05) is 0 Å². The van der Waals surface area contributed by atoms with Gasteiger partial charge in [-0.25, -0.2) is 15.0 Å². The van der Waals surface area contributed by atoms with E-state index in [1.54, 1.807) is 0 Å². The minimum Gasteiger partial charge on any atom is -0.456 e. The first-order valence-corrected chi connectivity index (χ1v) is 19.4. The fourth-order valence-electron chi connectivity index (χ4n) is 9.33. The highest BCUT2D eigenvalue weighted by Gasteiger charge is 2.43. The van der Waals surface area contributed by atoms with Crippen molar-refractivity contribution < 1.29 is 4.42 Å². The first kappa shape index (κ1) is 31.8. The van der Waals surface area contributed by atoms with E-state index in [2.05, 4.69) is 103 Å². The third kappa shape index (κ3) is 5.24. The summed E-state index contributed by atoms with van der Waals surface area (Å²) in [6.45, 7) is 0. The van der Waals surface area contributed by atoms with E-state index in [-0.39, 0.29) is 5.41 Å². The van der Waals surface area contributed by atoms with Crippen LogP contribution in [0.5, 0.6) is 0 Å². The maximum absolute atomic E-state index is 6.22. The Kier molecular flexibility index (Phi) is 7.38.